The summed E-state index contributed by atoms with van der Waals surface area (Å²) in [6, 6.07) is -0.821. The Morgan fingerprint density at radius 3 is 1.12 bits per heavy atom. The first-order chi connectivity index (χ1) is 29.6. The van der Waals surface area contributed by atoms with E-state index < -0.39 is 24.2 Å². The predicted octanol–water partition coefficient (Wildman–Crippen LogP) is 16.1. The number of amides is 1. The van der Waals surface area contributed by atoms with Gasteiger partial charge in [0.15, 0.2) is 0 Å². The Labute approximate surface area is 374 Å². The quantitative estimate of drug-likeness (QED) is 0.0363. The average molecular weight is 842 g/mol. The molecule has 0 heterocycles. The molecule has 352 valence electrons. The molecule has 0 saturated carbocycles. The number of allylic oxidation sites excluding steroid dienone is 7. The number of aliphatic hydroxyl groups is 3. The number of hydrogen-bond donors (Lipinski definition) is 4. The number of aliphatic hydroxyl groups excluding tert-OH is 3. The zero-order chi connectivity index (χ0) is 43.7. The van der Waals surface area contributed by atoms with Crippen LogP contribution in [-0.2, 0) is 4.79 Å². The van der Waals surface area contributed by atoms with Crippen LogP contribution in [0, 0.1) is 0 Å². The molecule has 3 atom stereocenters. The second kappa shape index (κ2) is 50.0. The Hall–Kier alpha value is -1.69. The fourth-order valence-electron chi connectivity index (χ4n) is 8.00. The molecule has 0 fully saturated rings. The van der Waals surface area contributed by atoms with Crippen molar-refractivity contribution in [1.29, 1.82) is 0 Å². The van der Waals surface area contributed by atoms with Gasteiger partial charge in [-0.25, -0.2) is 0 Å². The first-order valence-electron chi connectivity index (χ1n) is 26.5. The molecule has 0 aliphatic carbocycles. The number of nitrogens with one attached hydrogen (secondary N) is 1. The summed E-state index contributed by atoms with van der Waals surface area (Å²) >= 11 is 0. The molecule has 1 amide bonds. The number of unbranched alkanes of at least 4 members (excludes halogenated alkanes) is 34. The van der Waals surface area contributed by atoms with Gasteiger partial charge in [0.1, 0.15) is 6.10 Å². The predicted molar refractivity (Wildman–Crippen MR) is 264 cm³/mol. The highest BCUT2D eigenvalue weighted by Gasteiger charge is 2.22. The standard InChI is InChI=1S/C55H103NO4/c1-3-5-7-9-11-13-15-17-19-21-23-25-27-28-30-31-33-35-37-39-41-43-45-47-49-53(58)52(51-57)56-55(60)54(59)50-48-46-44-42-40-38-36-34-32-29-26-24-22-20-18-16-14-12-10-8-6-4-2/h24,26,32,34,39,41,47,49,52-54,57-59H,3-23,25,27-31,33,35-38,40,42-46,48,50-51H2,1-2H3,(H,56,60)/b26-24-,34-32-,41-39+,49-47+. The lowest BCUT2D eigenvalue weighted by atomic mass is 10.0. The van der Waals surface area contributed by atoms with Crippen molar-refractivity contribution < 1.29 is 20.1 Å². The highest BCUT2D eigenvalue weighted by molar-refractivity contribution is 5.80. The zero-order valence-electron chi connectivity index (χ0n) is 40.1. The third-order valence-electron chi connectivity index (χ3n) is 12.1. The summed E-state index contributed by atoms with van der Waals surface area (Å²) in [6.45, 7) is 4.19. The number of carbonyl (C=O) groups is 1. The molecule has 3 unspecified atom stereocenters. The SMILES string of the molecule is CCCCCCCCCCC/C=C\C/C=C\CCCCCCCCC(O)C(=O)NC(CO)C(O)/C=C/CC/C=C/CCCCCCCCCCCCCCCCCCCC. The Morgan fingerprint density at radius 1 is 0.417 bits per heavy atom. The van der Waals surface area contributed by atoms with Crippen LogP contribution in [-0.4, -0.2) is 46.1 Å². The molecule has 0 aliphatic heterocycles. The molecule has 0 aromatic heterocycles. The largest absolute Gasteiger partial charge is 0.394 e. The highest BCUT2D eigenvalue weighted by atomic mass is 16.3. The smallest absolute Gasteiger partial charge is 0.249 e. The summed E-state index contributed by atoms with van der Waals surface area (Å²) in [6.07, 6.45) is 66.0. The van der Waals surface area contributed by atoms with Gasteiger partial charge in [-0.2, -0.15) is 0 Å². The van der Waals surface area contributed by atoms with Crippen LogP contribution >= 0.6 is 0 Å². The topological polar surface area (TPSA) is 89.8 Å². The van der Waals surface area contributed by atoms with Crippen LogP contribution in [0.1, 0.15) is 271 Å². The molecule has 4 N–H and O–H groups in total. The average Bonchev–Trinajstić information content (AvgIpc) is 3.25. The number of hydrogen-bond acceptors (Lipinski definition) is 4. The van der Waals surface area contributed by atoms with Crippen molar-refractivity contribution in [3.8, 4) is 0 Å². The summed E-state index contributed by atoms with van der Waals surface area (Å²) in [4.78, 5) is 12.5. The first kappa shape index (κ1) is 58.3. The van der Waals surface area contributed by atoms with Crippen molar-refractivity contribution in [2.24, 2.45) is 0 Å². The molecule has 0 aromatic carbocycles. The molecule has 0 aromatic rings. The third-order valence-corrected chi connectivity index (χ3v) is 12.1. The van der Waals surface area contributed by atoms with E-state index in [2.05, 4.69) is 55.6 Å². The van der Waals surface area contributed by atoms with Crippen molar-refractivity contribution in [3.63, 3.8) is 0 Å². The summed E-state index contributed by atoms with van der Waals surface area (Å²) in [5, 5.41) is 33.3. The molecule has 0 saturated heterocycles. The van der Waals surface area contributed by atoms with Crippen LogP contribution in [0.25, 0.3) is 0 Å². The molecule has 5 heteroatoms. The van der Waals surface area contributed by atoms with Crippen LogP contribution in [0.5, 0.6) is 0 Å². The van der Waals surface area contributed by atoms with Crippen molar-refractivity contribution in [1.82, 2.24) is 5.32 Å². The van der Waals surface area contributed by atoms with Crippen molar-refractivity contribution >= 4 is 5.91 Å². The van der Waals surface area contributed by atoms with E-state index in [9.17, 15) is 20.1 Å². The Bertz CT molecular complexity index is 974. The molecular weight excluding hydrogens is 739 g/mol. The van der Waals surface area contributed by atoms with E-state index in [1.54, 1.807) is 6.08 Å². The van der Waals surface area contributed by atoms with Gasteiger partial charge in [0.2, 0.25) is 5.91 Å². The molecule has 60 heavy (non-hydrogen) atoms. The summed E-state index contributed by atoms with van der Waals surface area (Å²) < 4.78 is 0. The monoisotopic (exact) mass is 842 g/mol. The minimum Gasteiger partial charge on any atom is -0.394 e. The van der Waals surface area contributed by atoms with Gasteiger partial charge in [-0.3, -0.25) is 4.79 Å². The van der Waals surface area contributed by atoms with Gasteiger partial charge >= 0.3 is 0 Å². The van der Waals surface area contributed by atoms with E-state index in [-0.39, 0.29) is 6.61 Å². The van der Waals surface area contributed by atoms with Crippen molar-refractivity contribution in [3.05, 3.63) is 48.6 Å². The van der Waals surface area contributed by atoms with Crippen molar-refractivity contribution in [2.75, 3.05) is 6.61 Å². The Morgan fingerprint density at radius 2 is 0.733 bits per heavy atom. The highest BCUT2D eigenvalue weighted by Crippen LogP contribution is 2.16. The molecule has 0 rings (SSSR count). The van der Waals surface area contributed by atoms with Gasteiger partial charge in [-0.15, -0.1) is 0 Å². The maximum Gasteiger partial charge on any atom is 0.249 e. The van der Waals surface area contributed by atoms with Crippen LogP contribution in [0.3, 0.4) is 0 Å². The maximum absolute atomic E-state index is 12.5. The van der Waals surface area contributed by atoms with Crippen LogP contribution in [0.15, 0.2) is 48.6 Å². The summed E-state index contributed by atoms with van der Waals surface area (Å²) in [5.74, 6) is -0.519. The fourth-order valence-corrected chi connectivity index (χ4v) is 8.00. The lowest BCUT2D eigenvalue weighted by molar-refractivity contribution is -0.131. The molecule has 0 bridgehead atoms. The van der Waals surface area contributed by atoms with E-state index in [4.69, 9.17) is 0 Å². The third kappa shape index (κ3) is 44.4. The molecule has 5 nitrogen and oxygen atoms in total. The van der Waals surface area contributed by atoms with Gasteiger partial charge in [0.25, 0.3) is 0 Å². The van der Waals surface area contributed by atoms with Crippen molar-refractivity contribution in [2.45, 2.75) is 289 Å². The van der Waals surface area contributed by atoms with E-state index in [1.807, 2.05) is 6.08 Å². The first-order valence-corrected chi connectivity index (χ1v) is 26.5. The molecular formula is C55H103NO4. The van der Waals surface area contributed by atoms with Gasteiger partial charge in [-0.05, 0) is 64.2 Å². The van der Waals surface area contributed by atoms with Crippen LogP contribution < -0.4 is 5.32 Å². The summed E-state index contributed by atoms with van der Waals surface area (Å²) in [7, 11) is 0. The normalized spacial score (nSPS) is 13.8. The van der Waals surface area contributed by atoms with E-state index >= 15 is 0 Å². The van der Waals surface area contributed by atoms with Gasteiger partial charge < -0.3 is 20.6 Å². The van der Waals surface area contributed by atoms with Gasteiger partial charge in [-0.1, -0.05) is 255 Å². The minimum absolute atomic E-state index is 0.380. The van der Waals surface area contributed by atoms with E-state index in [0.29, 0.717) is 6.42 Å². The number of rotatable bonds is 48. The molecule has 0 radical (unpaired) electrons. The zero-order valence-corrected chi connectivity index (χ0v) is 40.1. The minimum atomic E-state index is -1.12. The van der Waals surface area contributed by atoms with Crippen LogP contribution in [0.2, 0.25) is 0 Å². The molecule has 0 aliphatic rings. The lowest BCUT2D eigenvalue weighted by Gasteiger charge is -2.21. The van der Waals surface area contributed by atoms with Gasteiger partial charge in [0.05, 0.1) is 18.8 Å². The fraction of sp³-hybridized carbons (Fsp3) is 0.836. The second-order valence-corrected chi connectivity index (χ2v) is 18.1. The van der Waals surface area contributed by atoms with E-state index in [0.717, 1.165) is 51.4 Å². The van der Waals surface area contributed by atoms with Gasteiger partial charge in [0, 0.05) is 0 Å². The number of carbonyl (C=O) groups excluding carboxylic acids is 1. The second-order valence-electron chi connectivity index (χ2n) is 18.1. The Kier molecular flexibility index (Phi) is 48.6. The maximum atomic E-state index is 12.5. The van der Waals surface area contributed by atoms with Crippen LogP contribution in [0.4, 0.5) is 0 Å². The van der Waals surface area contributed by atoms with E-state index in [1.165, 1.54) is 199 Å². The Balaban J connectivity index is 3.67. The lowest BCUT2D eigenvalue weighted by Crippen LogP contribution is -2.48. The molecule has 0 spiro atoms. The summed E-state index contributed by atoms with van der Waals surface area (Å²) in [5.41, 5.74) is 0.